The second-order valence-electron chi connectivity index (χ2n) is 9.87. The zero-order valence-corrected chi connectivity index (χ0v) is 19.9. The predicted octanol–water partition coefficient (Wildman–Crippen LogP) is 4.18. The highest BCUT2D eigenvalue weighted by atomic mass is 19.1. The van der Waals surface area contributed by atoms with Crippen LogP contribution >= 0.6 is 0 Å². The smallest absolute Gasteiger partial charge is 0.259 e. The number of hydrogen-bond acceptors (Lipinski definition) is 4. The molecule has 0 spiro atoms. The molecule has 1 saturated heterocycles. The van der Waals surface area contributed by atoms with Crippen molar-refractivity contribution in [3.8, 4) is 0 Å². The van der Waals surface area contributed by atoms with Crippen LogP contribution < -0.4 is 5.56 Å². The van der Waals surface area contributed by atoms with Gasteiger partial charge in [0.25, 0.3) is 11.5 Å². The number of fused-ring (bicyclic) bond motifs is 3. The van der Waals surface area contributed by atoms with Crippen LogP contribution in [-0.2, 0) is 0 Å². The van der Waals surface area contributed by atoms with Crippen molar-refractivity contribution < 1.29 is 9.18 Å². The Labute approximate surface area is 202 Å². The number of aromatic amines is 1. The number of carbonyl (C=O) groups excluding carboxylic acids is 1. The molecule has 0 radical (unpaired) electrons. The molecule has 3 heterocycles. The van der Waals surface area contributed by atoms with Crippen LogP contribution in [0.15, 0.2) is 47.4 Å². The number of hydrogen-bond donors (Lipinski definition) is 1. The van der Waals surface area contributed by atoms with E-state index in [2.05, 4.69) is 15.0 Å². The molecule has 1 aliphatic carbocycles. The maximum Gasteiger partial charge on any atom is 0.259 e. The van der Waals surface area contributed by atoms with Crippen LogP contribution in [0.2, 0.25) is 0 Å². The zero-order valence-electron chi connectivity index (χ0n) is 19.9. The van der Waals surface area contributed by atoms with E-state index in [9.17, 15) is 14.0 Å². The number of pyridine rings is 1. The number of benzene rings is 2. The van der Waals surface area contributed by atoms with Crippen molar-refractivity contribution in [1.29, 1.82) is 0 Å². The van der Waals surface area contributed by atoms with Crippen molar-refractivity contribution in [1.82, 2.24) is 24.6 Å². The van der Waals surface area contributed by atoms with Crippen LogP contribution in [0.1, 0.15) is 52.8 Å². The molecule has 2 fully saturated rings. The molecule has 2 aromatic heterocycles. The first-order chi connectivity index (χ1) is 16.9. The molecular formula is C27H28FN5O2. The topological polar surface area (TPSA) is 74.2 Å². The van der Waals surface area contributed by atoms with Crippen LogP contribution in [0, 0.1) is 12.7 Å². The maximum atomic E-state index is 14.5. The Morgan fingerprint density at radius 3 is 2.69 bits per heavy atom. The minimum atomic E-state index is -0.259. The average molecular weight is 474 g/mol. The molecule has 1 unspecified atom stereocenters. The summed E-state index contributed by atoms with van der Waals surface area (Å²) in [5.74, 6) is -0.363. The lowest BCUT2D eigenvalue weighted by molar-refractivity contribution is 0.0540. The van der Waals surface area contributed by atoms with Gasteiger partial charge < -0.3 is 9.88 Å². The van der Waals surface area contributed by atoms with Gasteiger partial charge >= 0.3 is 0 Å². The van der Waals surface area contributed by atoms with Gasteiger partial charge in [-0.2, -0.15) is 5.10 Å². The fraction of sp³-hybridized carbons (Fsp3) is 0.370. The summed E-state index contributed by atoms with van der Waals surface area (Å²) in [6.07, 6.45) is 4.94. The van der Waals surface area contributed by atoms with Crippen molar-refractivity contribution >= 4 is 27.7 Å². The summed E-state index contributed by atoms with van der Waals surface area (Å²) in [4.78, 5) is 33.3. The van der Waals surface area contributed by atoms with E-state index in [0.29, 0.717) is 47.7 Å². The summed E-state index contributed by atoms with van der Waals surface area (Å²) >= 11 is 0. The van der Waals surface area contributed by atoms with Crippen molar-refractivity contribution in [3.05, 3.63) is 75.5 Å². The minimum Gasteiger partial charge on any atom is -0.335 e. The van der Waals surface area contributed by atoms with E-state index >= 15 is 0 Å². The number of piperazine rings is 1. The molecule has 8 heteroatoms. The summed E-state index contributed by atoms with van der Waals surface area (Å²) in [6, 6.07) is 10.6. The highest BCUT2D eigenvalue weighted by molar-refractivity contribution is 6.07. The maximum absolute atomic E-state index is 14.5. The van der Waals surface area contributed by atoms with Crippen LogP contribution in [0.5, 0.6) is 0 Å². The highest BCUT2D eigenvalue weighted by Gasteiger charge is 2.31. The molecule has 0 bridgehead atoms. The number of halogens is 1. The third kappa shape index (κ3) is 3.55. The van der Waals surface area contributed by atoms with E-state index in [4.69, 9.17) is 0 Å². The van der Waals surface area contributed by atoms with Gasteiger partial charge in [0.05, 0.1) is 34.7 Å². The van der Waals surface area contributed by atoms with Crippen LogP contribution in [-0.4, -0.2) is 57.2 Å². The predicted molar refractivity (Wildman–Crippen MR) is 133 cm³/mol. The summed E-state index contributed by atoms with van der Waals surface area (Å²) in [5, 5.41) is 6.01. The van der Waals surface area contributed by atoms with Gasteiger partial charge in [-0.15, -0.1) is 0 Å². The lowest BCUT2D eigenvalue weighted by Gasteiger charge is -2.40. The Balaban J connectivity index is 1.39. The number of amides is 1. The summed E-state index contributed by atoms with van der Waals surface area (Å²) in [5.41, 5.74) is 3.28. The standard InChI is InChI=1S/C27H28FN5O2/c1-16-12-20-23(30-26(34)21-14-29-33(25(20)21)17-6-5-7-17)13-19(16)27(35)32-11-10-31(2)24(15-32)18-8-3-4-9-22(18)28/h3-4,8-9,12-14,17,24H,5-7,10-11,15H2,1-2H3,(H,30,34). The van der Waals surface area contributed by atoms with Crippen molar-refractivity contribution in [3.63, 3.8) is 0 Å². The Hall–Kier alpha value is -3.52. The number of nitrogens with zero attached hydrogens (tertiary/aromatic N) is 4. The molecule has 4 aromatic rings. The fourth-order valence-corrected chi connectivity index (χ4v) is 5.44. The Kier molecular flexibility index (Phi) is 5.21. The van der Waals surface area contributed by atoms with E-state index in [1.807, 2.05) is 30.8 Å². The largest absolute Gasteiger partial charge is 0.335 e. The first-order valence-electron chi connectivity index (χ1n) is 12.2. The number of carbonyl (C=O) groups is 1. The number of likely N-dealkylation sites (N-methyl/N-ethyl adjacent to an activating group) is 1. The molecule has 35 heavy (non-hydrogen) atoms. The lowest BCUT2D eigenvalue weighted by atomic mass is 9.93. The molecule has 2 aliphatic rings. The SMILES string of the molecule is Cc1cc2c(cc1C(=O)N1CCN(C)C(c3ccccc3F)C1)[nH]c(=O)c1cnn(C3CCC3)c12. The molecule has 2 aromatic carbocycles. The number of nitrogens with one attached hydrogen (secondary N) is 1. The van der Waals surface area contributed by atoms with Crippen molar-refractivity contribution in [2.45, 2.75) is 38.3 Å². The van der Waals surface area contributed by atoms with E-state index < -0.39 is 0 Å². The van der Waals surface area contributed by atoms with E-state index in [1.54, 1.807) is 29.3 Å². The van der Waals surface area contributed by atoms with Gasteiger partial charge in [-0.3, -0.25) is 19.2 Å². The number of aryl methyl sites for hydroxylation is 1. The second-order valence-corrected chi connectivity index (χ2v) is 9.87. The molecule has 1 atom stereocenters. The van der Waals surface area contributed by atoms with Gasteiger partial charge in [0, 0.05) is 36.1 Å². The van der Waals surface area contributed by atoms with Gasteiger partial charge in [0.15, 0.2) is 0 Å². The molecule has 7 nitrogen and oxygen atoms in total. The third-order valence-corrected chi connectivity index (χ3v) is 7.76. The van der Waals surface area contributed by atoms with Gasteiger partial charge in [-0.05, 0) is 57.0 Å². The summed E-state index contributed by atoms with van der Waals surface area (Å²) < 4.78 is 16.5. The van der Waals surface area contributed by atoms with Gasteiger partial charge in [-0.1, -0.05) is 18.2 Å². The summed E-state index contributed by atoms with van der Waals surface area (Å²) in [6.45, 7) is 3.53. The van der Waals surface area contributed by atoms with Crippen LogP contribution in [0.25, 0.3) is 21.8 Å². The van der Waals surface area contributed by atoms with Crippen molar-refractivity contribution in [2.75, 3.05) is 26.7 Å². The molecule has 1 N–H and O–H groups in total. The van der Waals surface area contributed by atoms with Gasteiger partial charge in [-0.25, -0.2) is 4.39 Å². The number of rotatable bonds is 3. The normalized spacial score (nSPS) is 19.4. The van der Waals surface area contributed by atoms with E-state index in [1.165, 1.54) is 12.5 Å². The Bertz CT molecular complexity index is 1520. The quantitative estimate of drug-likeness (QED) is 0.485. The second kappa shape index (κ2) is 8.30. The van der Waals surface area contributed by atoms with Crippen LogP contribution in [0.4, 0.5) is 4.39 Å². The molecule has 1 aliphatic heterocycles. The molecule has 1 amide bonds. The molecule has 6 rings (SSSR count). The summed E-state index contributed by atoms with van der Waals surface area (Å²) in [7, 11) is 1.96. The van der Waals surface area contributed by atoms with Gasteiger partial charge in [0.1, 0.15) is 5.82 Å². The Morgan fingerprint density at radius 2 is 1.94 bits per heavy atom. The fourth-order valence-electron chi connectivity index (χ4n) is 5.44. The Morgan fingerprint density at radius 1 is 1.14 bits per heavy atom. The lowest BCUT2D eigenvalue weighted by Crippen LogP contribution is -2.49. The first kappa shape index (κ1) is 22.0. The molecule has 180 valence electrons. The molecular weight excluding hydrogens is 445 g/mol. The number of aromatic nitrogens is 3. The van der Waals surface area contributed by atoms with Crippen LogP contribution in [0.3, 0.4) is 0 Å². The first-order valence-corrected chi connectivity index (χ1v) is 12.2. The highest BCUT2D eigenvalue weighted by Crippen LogP contribution is 2.35. The average Bonchev–Trinajstić information content (AvgIpc) is 3.24. The van der Waals surface area contributed by atoms with Gasteiger partial charge in [0.2, 0.25) is 0 Å². The third-order valence-electron chi connectivity index (χ3n) is 7.76. The minimum absolute atomic E-state index is 0.104. The number of H-pyrrole nitrogens is 1. The van der Waals surface area contributed by atoms with Crippen molar-refractivity contribution in [2.24, 2.45) is 0 Å². The zero-order chi connectivity index (χ0) is 24.3. The van der Waals surface area contributed by atoms with E-state index in [0.717, 1.165) is 29.3 Å². The van der Waals surface area contributed by atoms with E-state index in [-0.39, 0.29) is 23.3 Å². The molecule has 1 saturated carbocycles. The monoisotopic (exact) mass is 473 g/mol.